The number of hydrogen-bond donors (Lipinski definition) is 0. The molecule has 0 amide bonds. The molecule has 1 saturated heterocycles. The van der Waals surface area contributed by atoms with Crippen molar-refractivity contribution in [1.82, 2.24) is 29.9 Å². The van der Waals surface area contributed by atoms with Crippen LogP contribution in [0.5, 0.6) is 6.01 Å². The van der Waals surface area contributed by atoms with E-state index >= 15 is 0 Å². The summed E-state index contributed by atoms with van der Waals surface area (Å²) in [5, 5.41) is 7.72. The average molecular weight is 449 g/mol. The van der Waals surface area contributed by atoms with E-state index in [1.807, 2.05) is 0 Å². The van der Waals surface area contributed by atoms with Crippen LogP contribution in [-0.4, -0.2) is 74.7 Å². The van der Waals surface area contributed by atoms with Crippen molar-refractivity contribution in [2.75, 3.05) is 31.2 Å². The molecule has 0 saturated carbocycles. The van der Waals surface area contributed by atoms with E-state index in [2.05, 4.69) is 30.0 Å². The van der Waals surface area contributed by atoms with Crippen molar-refractivity contribution in [3.05, 3.63) is 24.3 Å². The quantitative estimate of drug-likeness (QED) is 0.561. The van der Waals surface area contributed by atoms with Crippen molar-refractivity contribution in [2.24, 2.45) is 0 Å². The second kappa shape index (κ2) is 7.79. The molecule has 2 aromatic heterocycles. The third kappa shape index (κ3) is 4.45. The van der Waals surface area contributed by atoms with Gasteiger partial charge in [0.15, 0.2) is 0 Å². The van der Waals surface area contributed by atoms with E-state index in [9.17, 15) is 26.3 Å². The van der Waals surface area contributed by atoms with Gasteiger partial charge in [-0.1, -0.05) is 17.3 Å². The summed E-state index contributed by atoms with van der Waals surface area (Å²) in [6.45, 7) is 1.08. The maximum absolute atomic E-state index is 13.0. The Morgan fingerprint density at radius 1 is 0.903 bits per heavy atom. The molecule has 0 aliphatic carbocycles. The summed E-state index contributed by atoms with van der Waals surface area (Å²) in [5.74, 6) is -0.519. The first kappa shape index (κ1) is 21.0. The second-order valence-corrected chi connectivity index (χ2v) is 6.39. The molecular weight excluding hydrogens is 436 g/mol. The van der Waals surface area contributed by atoms with Crippen molar-refractivity contribution in [2.45, 2.75) is 18.5 Å². The van der Waals surface area contributed by atoms with Crippen LogP contribution in [0.3, 0.4) is 0 Å². The number of hydrogen-bond acceptors (Lipinski definition) is 8. The highest BCUT2D eigenvalue weighted by Gasteiger charge is 2.59. The van der Waals surface area contributed by atoms with Crippen LogP contribution in [0, 0.1) is 0 Å². The van der Waals surface area contributed by atoms with Crippen molar-refractivity contribution in [3.63, 3.8) is 0 Å². The lowest BCUT2D eigenvalue weighted by molar-refractivity contribution is -0.301. The average Bonchev–Trinajstić information content (AvgIpc) is 3.15. The fraction of sp³-hybridized carbons (Fsp3) is 0.438. The zero-order valence-corrected chi connectivity index (χ0v) is 15.4. The number of aromatic nitrogens is 6. The summed E-state index contributed by atoms with van der Waals surface area (Å²) in [5.41, 5.74) is 0.803. The number of morpholine rings is 1. The lowest BCUT2D eigenvalue weighted by atomic mass is 10.3. The zero-order chi connectivity index (χ0) is 22.2. The van der Waals surface area contributed by atoms with E-state index < -0.39 is 24.5 Å². The van der Waals surface area contributed by atoms with Gasteiger partial charge in [0.05, 0.1) is 18.7 Å². The normalized spacial score (nSPS) is 15.6. The summed E-state index contributed by atoms with van der Waals surface area (Å²) in [7, 11) is 0. The highest BCUT2D eigenvalue weighted by atomic mass is 19.4. The minimum atomic E-state index is -5.73. The van der Waals surface area contributed by atoms with Gasteiger partial charge in [0.1, 0.15) is 5.52 Å². The number of fused-ring (bicyclic) bond motifs is 1. The third-order valence-corrected chi connectivity index (χ3v) is 4.24. The van der Waals surface area contributed by atoms with Crippen LogP contribution >= 0.6 is 0 Å². The van der Waals surface area contributed by atoms with Gasteiger partial charge in [-0.15, -0.1) is 5.10 Å². The first-order valence-corrected chi connectivity index (χ1v) is 8.82. The molecule has 3 heterocycles. The molecule has 0 atom stereocenters. The molecule has 1 aliphatic heterocycles. The molecule has 1 aromatic carbocycles. The third-order valence-electron chi connectivity index (χ3n) is 4.24. The fourth-order valence-corrected chi connectivity index (χ4v) is 2.83. The van der Waals surface area contributed by atoms with Gasteiger partial charge in [-0.25, -0.2) is 0 Å². The highest BCUT2D eigenvalue weighted by Crippen LogP contribution is 2.36. The molecule has 15 heteroatoms. The number of halogens is 6. The zero-order valence-electron chi connectivity index (χ0n) is 15.4. The largest absolute Gasteiger partial charge is 0.440 e. The minimum absolute atomic E-state index is 0.175. The molecule has 1 fully saturated rings. The van der Waals surface area contributed by atoms with Crippen molar-refractivity contribution in [1.29, 1.82) is 0 Å². The van der Waals surface area contributed by atoms with Crippen LogP contribution in [0.1, 0.15) is 0 Å². The maximum Gasteiger partial charge on any atom is 0.434 e. The Labute approximate surface area is 169 Å². The molecule has 0 unspecified atom stereocenters. The number of nitrogens with zero attached hydrogens (tertiary/aromatic N) is 7. The first-order chi connectivity index (χ1) is 14.6. The van der Waals surface area contributed by atoms with Gasteiger partial charge < -0.3 is 14.4 Å². The summed E-state index contributed by atoms with van der Waals surface area (Å²) in [4.78, 5) is 13.0. The van der Waals surface area contributed by atoms with Crippen LogP contribution in [0.15, 0.2) is 24.3 Å². The number of benzene rings is 1. The van der Waals surface area contributed by atoms with Gasteiger partial charge >= 0.3 is 18.4 Å². The molecule has 166 valence electrons. The fourth-order valence-electron chi connectivity index (χ4n) is 2.83. The molecule has 31 heavy (non-hydrogen) atoms. The van der Waals surface area contributed by atoms with Gasteiger partial charge in [0.25, 0.3) is 12.1 Å². The standard InChI is InChI=1S/C16H13F6N7O2/c17-15(18,19)11(16(20,21)22)31-14-24-12(28-5-7-30-8-6-28)23-13(25-14)29-10-4-2-1-3-9(10)26-27-29/h1-4,11H,5-8H2. The molecule has 0 spiro atoms. The topological polar surface area (TPSA) is 91.1 Å². The highest BCUT2D eigenvalue weighted by molar-refractivity contribution is 5.75. The number of rotatable bonds is 4. The number of anilines is 1. The SMILES string of the molecule is FC(F)(F)C(Oc1nc(N2CCOCC2)nc(-n2nnc3ccccc32)n1)C(F)(F)F. The van der Waals surface area contributed by atoms with E-state index in [-0.39, 0.29) is 38.2 Å². The molecule has 3 aromatic rings. The van der Waals surface area contributed by atoms with E-state index in [4.69, 9.17) is 4.74 Å². The lowest BCUT2D eigenvalue weighted by Gasteiger charge is -2.27. The lowest BCUT2D eigenvalue weighted by Crippen LogP contribution is -2.47. The monoisotopic (exact) mass is 449 g/mol. The predicted octanol–water partition coefficient (Wildman–Crippen LogP) is 2.31. The van der Waals surface area contributed by atoms with Gasteiger partial charge in [-0.05, 0) is 12.1 Å². The molecule has 0 N–H and O–H groups in total. The van der Waals surface area contributed by atoms with Crippen LogP contribution in [0.2, 0.25) is 0 Å². The first-order valence-electron chi connectivity index (χ1n) is 8.82. The van der Waals surface area contributed by atoms with Gasteiger partial charge in [0, 0.05) is 13.1 Å². The summed E-state index contributed by atoms with van der Waals surface area (Å²) in [6, 6.07) is 5.38. The summed E-state index contributed by atoms with van der Waals surface area (Å²) < 4.78 is 88.3. The van der Waals surface area contributed by atoms with Crippen molar-refractivity contribution in [3.8, 4) is 12.0 Å². The Bertz CT molecular complexity index is 1050. The number of alkyl halides is 6. The Kier molecular flexibility index (Phi) is 5.28. The summed E-state index contributed by atoms with van der Waals surface area (Å²) >= 11 is 0. The smallest absolute Gasteiger partial charge is 0.434 e. The molecule has 0 bridgehead atoms. The van der Waals surface area contributed by atoms with Crippen LogP contribution < -0.4 is 9.64 Å². The number of para-hydroxylation sites is 1. The van der Waals surface area contributed by atoms with Gasteiger partial charge in [-0.3, -0.25) is 0 Å². The van der Waals surface area contributed by atoms with E-state index in [1.54, 1.807) is 24.3 Å². The van der Waals surface area contributed by atoms with Crippen molar-refractivity contribution >= 4 is 17.0 Å². The van der Waals surface area contributed by atoms with Gasteiger partial charge in [-0.2, -0.15) is 46.0 Å². The Morgan fingerprint density at radius 2 is 1.55 bits per heavy atom. The molecule has 4 rings (SSSR count). The van der Waals surface area contributed by atoms with E-state index in [0.717, 1.165) is 4.68 Å². The molecule has 9 nitrogen and oxygen atoms in total. The number of ether oxygens (including phenoxy) is 2. The van der Waals surface area contributed by atoms with Crippen LogP contribution in [0.4, 0.5) is 32.3 Å². The molecule has 0 radical (unpaired) electrons. The Hall–Kier alpha value is -3.23. The van der Waals surface area contributed by atoms with Crippen LogP contribution in [0.25, 0.3) is 17.0 Å². The molecular formula is C16H13F6N7O2. The second-order valence-electron chi connectivity index (χ2n) is 6.39. The van der Waals surface area contributed by atoms with Gasteiger partial charge in [0.2, 0.25) is 5.95 Å². The predicted molar refractivity (Wildman–Crippen MR) is 91.8 cm³/mol. The summed E-state index contributed by atoms with van der Waals surface area (Å²) in [6.07, 6.45) is -15.6. The Morgan fingerprint density at radius 3 is 2.23 bits per heavy atom. The molecule has 1 aliphatic rings. The van der Waals surface area contributed by atoms with Crippen molar-refractivity contribution < 1.29 is 35.8 Å². The van der Waals surface area contributed by atoms with Crippen LogP contribution in [-0.2, 0) is 4.74 Å². The minimum Gasteiger partial charge on any atom is -0.440 e. The Balaban J connectivity index is 1.80. The van der Waals surface area contributed by atoms with E-state index in [0.29, 0.717) is 11.0 Å². The maximum atomic E-state index is 13.0. The van der Waals surface area contributed by atoms with E-state index in [1.165, 1.54) is 4.90 Å².